The SMILES string of the molecule is COC(Oc1ccc(C(OC(OC)C(C)C)(c2ccccc2)c2ccccc2)c(OC(OC)C(C)C)c1OC(OC)C(C)C)C(C)C. The third kappa shape index (κ3) is 9.06. The second kappa shape index (κ2) is 17.9. The molecule has 0 aromatic heterocycles. The average Bonchev–Trinajstić information content (AvgIpc) is 3.06. The Balaban J connectivity index is 2.58. The molecule has 8 nitrogen and oxygen atoms in total. The predicted molar refractivity (Wildman–Crippen MR) is 185 cm³/mol. The molecule has 0 heterocycles. The number of hydrogen-bond donors (Lipinski definition) is 0. The highest BCUT2D eigenvalue weighted by atomic mass is 16.7. The molecule has 0 saturated carbocycles. The van der Waals surface area contributed by atoms with Crippen LogP contribution in [0, 0.1) is 23.7 Å². The first kappa shape index (κ1) is 38.3. The number of ether oxygens (including phenoxy) is 8. The third-order valence-electron chi connectivity index (χ3n) is 7.93. The Bertz CT molecular complexity index is 1290. The van der Waals surface area contributed by atoms with Gasteiger partial charge in [0.25, 0.3) is 0 Å². The maximum absolute atomic E-state index is 7.24. The van der Waals surface area contributed by atoms with E-state index in [-0.39, 0.29) is 23.7 Å². The standard InChI is InChI=1S/C39H56O8/c1-25(2)35(40-9)44-32-24-23-31(33(45-36(41-10)26(3)4)34(32)46-37(42-11)27(5)6)39(29-19-15-13-16-20-29,30-21-17-14-18-22-30)47-38(43-12)28(7)8/h13-28,35-38H,1-12H3. The largest absolute Gasteiger partial charge is 0.461 e. The number of benzene rings is 3. The third-order valence-corrected chi connectivity index (χ3v) is 7.93. The van der Waals surface area contributed by atoms with Crippen molar-refractivity contribution in [2.24, 2.45) is 23.7 Å². The van der Waals surface area contributed by atoms with E-state index in [0.29, 0.717) is 22.8 Å². The molecule has 260 valence electrons. The van der Waals surface area contributed by atoms with E-state index in [9.17, 15) is 0 Å². The van der Waals surface area contributed by atoms with Gasteiger partial charge in [-0.25, -0.2) is 0 Å². The summed E-state index contributed by atoms with van der Waals surface area (Å²) in [5.41, 5.74) is 1.20. The number of rotatable bonds is 19. The molecule has 47 heavy (non-hydrogen) atoms. The van der Waals surface area contributed by atoms with Gasteiger partial charge in [-0.2, -0.15) is 0 Å². The molecule has 3 aromatic carbocycles. The van der Waals surface area contributed by atoms with E-state index >= 15 is 0 Å². The Hall–Kier alpha value is -3.14. The summed E-state index contributed by atoms with van der Waals surface area (Å²) < 4.78 is 50.9. The molecule has 0 radical (unpaired) electrons. The summed E-state index contributed by atoms with van der Waals surface area (Å²) in [6.07, 6.45) is -2.40. The van der Waals surface area contributed by atoms with E-state index < -0.39 is 30.8 Å². The topological polar surface area (TPSA) is 73.8 Å². The minimum absolute atomic E-state index is 0.000866. The fourth-order valence-corrected chi connectivity index (χ4v) is 5.52. The van der Waals surface area contributed by atoms with Crippen LogP contribution >= 0.6 is 0 Å². The smallest absolute Gasteiger partial charge is 0.207 e. The zero-order valence-corrected chi connectivity index (χ0v) is 30.3. The molecule has 0 spiro atoms. The van der Waals surface area contributed by atoms with Gasteiger partial charge in [-0.3, -0.25) is 0 Å². The highest BCUT2D eigenvalue weighted by Gasteiger charge is 2.45. The second-order valence-corrected chi connectivity index (χ2v) is 13.0. The van der Waals surface area contributed by atoms with Gasteiger partial charge >= 0.3 is 0 Å². The Kier molecular flexibility index (Phi) is 14.6. The fourth-order valence-electron chi connectivity index (χ4n) is 5.52. The molecule has 4 atom stereocenters. The summed E-state index contributed by atoms with van der Waals surface area (Å²) >= 11 is 0. The molecule has 0 aliphatic rings. The van der Waals surface area contributed by atoms with E-state index in [1.54, 1.807) is 28.4 Å². The van der Waals surface area contributed by atoms with Crippen molar-refractivity contribution in [2.75, 3.05) is 28.4 Å². The maximum Gasteiger partial charge on any atom is 0.207 e. The summed E-state index contributed by atoms with van der Waals surface area (Å²) in [5.74, 6) is 1.24. The first-order valence-electron chi connectivity index (χ1n) is 16.5. The Morgan fingerprint density at radius 2 is 0.809 bits per heavy atom. The van der Waals surface area contributed by atoms with E-state index in [4.69, 9.17) is 37.9 Å². The summed E-state index contributed by atoms with van der Waals surface area (Å²) in [6.45, 7) is 16.4. The van der Waals surface area contributed by atoms with Gasteiger partial charge in [0.05, 0.1) is 0 Å². The van der Waals surface area contributed by atoms with Crippen LogP contribution in [0.3, 0.4) is 0 Å². The molecule has 0 N–H and O–H groups in total. The maximum atomic E-state index is 7.24. The van der Waals surface area contributed by atoms with Crippen molar-refractivity contribution in [1.82, 2.24) is 0 Å². The van der Waals surface area contributed by atoms with Crippen LogP contribution < -0.4 is 14.2 Å². The predicted octanol–water partition coefficient (Wildman–Crippen LogP) is 8.65. The fraction of sp³-hybridized carbons (Fsp3) is 0.538. The first-order valence-corrected chi connectivity index (χ1v) is 16.5. The van der Waals surface area contributed by atoms with Gasteiger partial charge in [0.15, 0.2) is 23.4 Å². The van der Waals surface area contributed by atoms with E-state index in [1.807, 2.05) is 90.1 Å². The minimum Gasteiger partial charge on any atom is -0.461 e. The van der Waals surface area contributed by atoms with Gasteiger partial charge in [-0.1, -0.05) is 116 Å². The summed E-state index contributed by atoms with van der Waals surface area (Å²) in [6, 6.07) is 24.0. The molecule has 3 rings (SSSR count). The average molecular weight is 653 g/mol. The molecule has 0 aliphatic carbocycles. The van der Waals surface area contributed by atoms with E-state index in [0.717, 1.165) is 11.1 Å². The van der Waals surface area contributed by atoms with E-state index in [2.05, 4.69) is 38.1 Å². The van der Waals surface area contributed by atoms with Gasteiger partial charge in [0.1, 0.15) is 0 Å². The lowest BCUT2D eigenvalue weighted by atomic mass is 9.79. The molecule has 3 aromatic rings. The summed E-state index contributed by atoms with van der Waals surface area (Å²) in [5, 5.41) is 0. The number of hydrogen-bond acceptors (Lipinski definition) is 8. The lowest BCUT2D eigenvalue weighted by molar-refractivity contribution is -0.197. The van der Waals surface area contributed by atoms with Crippen molar-refractivity contribution in [1.29, 1.82) is 0 Å². The zero-order chi connectivity index (χ0) is 34.7. The van der Waals surface area contributed by atoms with Gasteiger partial charge in [-0.15, -0.1) is 0 Å². The number of methoxy groups -OCH3 is 4. The van der Waals surface area contributed by atoms with Crippen LogP contribution in [-0.2, 0) is 29.3 Å². The van der Waals surface area contributed by atoms with Crippen molar-refractivity contribution in [3.05, 3.63) is 89.5 Å². The van der Waals surface area contributed by atoms with Crippen molar-refractivity contribution in [3.63, 3.8) is 0 Å². The van der Waals surface area contributed by atoms with Crippen LogP contribution in [0.4, 0.5) is 0 Å². The van der Waals surface area contributed by atoms with Crippen LogP contribution in [0.5, 0.6) is 17.2 Å². The van der Waals surface area contributed by atoms with Crippen molar-refractivity contribution < 1.29 is 37.9 Å². The molecule has 0 saturated heterocycles. The molecule has 0 aliphatic heterocycles. The summed E-state index contributed by atoms with van der Waals surface area (Å²) in [7, 11) is 6.55. The summed E-state index contributed by atoms with van der Waals surface area (Å²) in [4.78, 5) is 0. The van der Waals surface area contributed by atoms with Crippen LogP contribution in [-0.4, -0.2) is 53.6 Å². The molecule has 8 heteroatoms. The quantitative estimate of drug-likeness (QED) is 0.0941. The van der Waals surface area contributed by atoms with Crippen molar-refractivity contribution in [2.45, 2.75) is 86.2 Å². The van der Waals surface area contributed by atoms with Gasteiger partial charge in [0, 0.05) is 57.7 Å². The van der Waals surface area contributed by atoms with E-state index in [1.165, 1.54) is 0 Å². The van der Waals surface area contributed by atoms with Crippen LogP contribution in [0.25, 0.3) is 0 Å². The van der Waals surface area contributed by atoms with Crippen LogP contribution in [0.1, 0.15) is 72.1 Å². The van der Waals surface area contributed by atoms with Gasteiger partial charge < -0.3 is 37.9 Å². The Morgan fingerprint density at radius 3 is 1.19 bits per heavy atom. The van der Waals surface area contributed by atoms with Crippen molar-refractivity contribution >= 4 is 0 Å². The van der Waals surface area contributed by atoms with Crippen LogP contribution in [0.15, 0.2) is 72.8 Å². The Labute approximate surface area is 282 Å². The second-order valence-electron chi connectivity index (χ2n) is 13.0. The Morgan fingerprint density at radius 1 is 0.426 bits per heavy atom. The normalized spacial score (nSPS) is 14.8. The highest BCUT2D eigenvalue weighted by Crippen LogP contribution is 2.52. The molecule has 0 fully saturated rings. The van der Waals surface area contributed by atoms with Crippen molar-refractivity contribution in [3.8, 4) is 17.2 Å². The molecule has 0 bridgehead atoms. The monoisotopic (exact) mass is 652 g/mol. The lowest BCUT2D eigenvalue weighted by Crippen LogP contribution is -2.40. The molecule has 0 amide bonds. The zero-order valence-electron chi connectivity index (χ0n) is 30.3. The minimum atomic E-state index is -1.23. The highest BCUT2D eigenvalue weighted by molar-refractivity contribution is 5.62. The lowest BCUT2D eigenvalue weighted by Gasteiger charge is -2.41. The van der Waals surface area contributed by atoms with Crippen LogP contribution in [0.2, 0.25) is 0 Å². The van der Waals surface area contributed by atoms with Gasteiger partial charge in [0.2, 0.25) is 24.6 Å². The first-order chi connectivity index (χ1) is 22.4. The molecule has 4 unspecified atom stereocenters. The molecular formula is C39H56O8. The molecular weight excluding hydrogens is 596 g/mol. The van der Waals surface area contributed by atoms with Gasteiger partial charge in [-0.05, 0) is 23.3 Å².